The van der Waals surface area contributed by atoms with Crippen molar-refractivity contribution in [2.45, 2.75) is 0 Å². The molecule has 23 heavy (non-hydrogen) atoms. The molecule has 0 saturated heterocycles. The number of carbonyl (C=O) groups excluding carboxylic acids is 2. The zero-order valence-electron chi connectivity index (χ0n) is 12.0. The second kappa shape index (κ2) is 7.59. The third kappa shape index (κ3) is 4.55. The molecule has 8 heteroatoms. The molecule has 0 aliphatic carbocycles. The molecular formula is C15H11BrClN3O2S. The molecule has 2 amide bonds. The van der Waals surface area contributed by atoms with E-state index in [1.54, 1.807) is 25.2 Å². The van der Waals surface area contributed by atoms with E-state index in [1.165, 1.54) is 28.4 Å². The fraction of sp³-hybridized carbons (Fsp3) is 0.133. The van der Waals surface area contributed by atoms with E-state index in [9.17, 15) is 9.59 Å². The van der Waals surface area contributed by atoms with Gasteiger partial charge < -0.3 is 10.2 Å². The van der Waals surface area contributed by atoms with Gasteiger partial charge in [-0.2, -0.15) is 5.26 Å². The smallest absolute Gasteiger partial charge is 0.264 e. The number of nitrogens with zero attached hydrogens (tertiary/aromatic N) is 2. The van der Waals surface area contributed by atoms with E-state index in [1.807, 2.05) is 6.07 Å². The molecule has 2 rings (SSSR count). The molecular weight excluding hydrogens is 402 g/mol. The third-order valence-corrected chi connectivity index (χ3v) is 4.82. The molecule has 0 saturated carbocycles. The summed E-state index contributed by atoms with van der Waals surface area (Å²) in [7, 11) is 1.55. The molecule has 1 aromatic heterocycles. The van der Waals surface area contributed by atoms with E-state index in [0.717, 1.165) is 3.79 Å². The van der Waals surface area contributed by atoms with Crippen molar-refractivity contribution in [2.75, 3.05) is 18.9 Å². The number of rotatable bonds is 4. The minimum absolute atomic E-state index is 0.0983. The molecule has 0 aliphatic heterocycles. The number of amides is 2. The van der Waals surface area contributed by atoms with Crippen LogP contribution in [0.1, 0.15) is 15.2 Å². The topological polar surface area (TPSA) is 73.2 Å². The number of anilines is 1. The van der Waals surface area contributed by atoms with Crippen LogP contribution in [-0.4, -0.2) is 30.3 Å². The van der Waals surface area contributed by atoms with Crippen LogP contribution >= 0.6 is 38.9 Å². The Morgan fingerprint density at radius 1 is 1.39 bits per heavy atom. The van der Waals surface area contributed by atoms with Crippen LogP contribution in [0, 0.1) is 11.3 Å². The van der Waals surface area contributed by atoms with Crippen molar-refractivity contribution >= 4 is 56.4 Å². The number of benzene rings is 1. The third-order valence-electron chi connectivity index (χ3n) is 2.88. The summed E-state index contributed by atoms with van der Waals surface area (Å²) in [5.41, 5.74) is 0.730. The monoisotopic (exact) mass is 411 g/mol. The van der Waals surface area contributed by atoms with E-state index >= 15 is 0 Å². The van der Waals surface area contributed by atoms with Crippen LogP contribution in [-0.2, 0) is 4.79 Å². The first kappa shape index (κ1) is 17.5. The number of carbonyl (C=O) groups is 2. The van der Waals surface area contributed by atoms with E-state index in [2.05, 4.69) is 21.2 Å². The summed E-state index contributed by atoms with van der Waals surface area (Å²) >= 11 is 10.4. The standard InChI is InChI=1S/C15H11BrClN3O2S/c1-20(15(22)12-4-5-13(16)23-12)8-14(21)19-10-2-3-11(17)9(6-10)7-18/h2-6H,8H2,1H3,(H,19,21). The SMILES string of the molecule is CN(CC(=O)Nc1ccc(Cl)c(C#N)c1)C(=O)c1ccc(Br)s1. The summed E-state index contributed by atoms with van der Waals surface area (Å²) in [6, 6.07) is 10.0. The summed E-state index contributed by atoms with van der Waals surface area (Å²) in [4.78, 5) is 26.1. The van der Waals surface area contributed by atoms with E-state index in [0.29, 0.717) is 15.6 Å². The second-order valence-electron chi connectivity index (χ2n) is 4.62. The summed E-state index contributed by atoms with van der Waals surface area (Å²) in [5.74, 6) is -0.590. The highest BCUT2D eigenvalue weighted by Crippen LogP contribution is 2.23. The highest BCUT2D eigenvalue weighted by molar-refractivity contribution is 9.11. The Morgan fingerprint density at radius 2 is 2.13 bits per heavy atom. The van der Waals surface area contributed by atoms with Crippen molar-refractivity contribution < 1.29 is 9.59 Å². The van der Waals surface area contributed by atoms with Crippen LogP contribution in [0.15, 0.2) is 34.1 Å². The van der Waals surface area contributed by atoms with Gasteiger partial charge in [-0.05, 0) is 46.3 Å². The summed E-state index contributed by atoms with van der Waals surface area (Å²) in [5, 5.41) is 11.9. The van der Waals surface area contributed by atoms with Crippen LogP contribution in [0.4, 0.5) is 5.69 Å². The molecule has 0 fully saturated rings. The predicted octanol–water partition coefficient (Wildman–Crippen LogP) is 3.75. The van der Waals surface area contributed by atoms with Gasteiger partial charge >= 0.3 is 0 Å². The molecule has 1 aromatic carbocycles. The predicted molar refractivity (Wildman–Crippen MR) is 93.8 cm³/mol. The fourth-order valence-corrected chi connectivity index (χ4v) is 3.33. The number of nitriles is 1. The van der Waals surface area contributed by atoms with Crippen molar-refractivity contribution in [3.05, 3.63) is 49.6 Å². The average molecular weight is 413 g/mol. The first-order valence-electron chi connectivity index (χ1n) is 6.41. The van der Waals surface area contributed by atoms with Crippen molar-refractivity contribution in [1.82, 2.24) is 4.90 Å². The molecule has 1 heterocycles. The van der Waals surface area contributed by atoms with Gasteiger partial charge in [0, 0.05) is 12.7 Å². The molecule has 0 spiro atoms. The fourth-order valence-electron chi connectivity index (χ4n) is 1.79. The van der Waals surface area contributed by atoms with Gasteiger partial charge in [-0.25, -0.2) is 0 Å². The van der Waals surface area contributed by atoms with E-state index in [4.69, 9.17) is 16.9 Å². The minimum Gasteiger partial charge on any atom is -0.332 e. The normalized spacial score (nSPS) is 10.0. The Morgan fingerprint density at radius 3 is 2.74 bits per heavy atom. The van der Waals surface area contributed by atoms with Crippen LogP contribution in [0.3, 0.4) is 0 Å². The zero-order chi connectivity index (χ0) is 17.0. The molecule has 0 radical (unpaired) electrons. The van der Waals surface area contributed by atoms with E-state index < -0.39 is 0 Å². The minimum atomic E-state index is -0.359. The van der Waals surface area contributed by atoms with Crippen molar-refractivity contribution in [2.24, 2.45) is 0 Å². The molecule has 0 atom stereocenters. The van der Waals surface area contributed by atoms with Gasteiger partial charge in [0.1, 0.15) is 6.07 Å². The number of hydrogen-bond acceptors (Lipinski definition) is 4. The molecule has 1 N–H and O–H groups in total. The highest BCUT2D eigenvalue weighted by atomic mass is 79.9. The number of halogens is 2. The maximum atomic E-state index is 12.2. The quantitative estimate of drug-likeness (QED) is 0.831. The summed E-state index contributed by atoms with van der Waals surface area (Å²) in [6.07, 6.45) is 0. The molecule has 118 valence electrons. The van der Waals surface area contributed by atoms with Crippen LogP contribution in [0.2, 0.25) is 5.02 Å². The van der Waals surface area contributed by atoms with Gasteiger partial charge in [0.2, 0.25) is 5.91 Å². The summed E-state index contributed by atoms with van der Waals surface area (Å²) < 4.78 is 0.851. The number of thiophene rings is 1. The van der Waals surface area contributed by atoms with Crippen LogP contribution in [0.25, 0.3) is 0 Å². The Bertz CT molecular complexity index is 800. The van der Waals surface area contributed by atoms with Gasteiger partial charge in [0.05, 0.1) is 25.8 Å². The molecule has 0 unspecified atom stereocenters. The first-order valence-corrected chi connectivity index (χ1v) is 8.39. The van der Waals surface area contributed by atoms with Gasteiger partial charge in [-0.15, -0.1) is 11.3 Å². The molecule has 2 aromatic rings. The lowest BCUT2D eigenvalue weighted by Gasteiger charge is -2.16. The number of likely N-dealkylation sites (N-methyl/N-ethyl adjacent to an activating group) is 1. The lowest BCUT2D eigenvalue weighted by molar-refractivity contribution is -0.116. The lowest BCUT2D eigenvalue weighted by Crippen LogP contribution is -2.34. The van der Waals surface area contributed by atoms with Crippen molar-refractivity contribution in [1.29, 1.82) is 5.26 Å². The van der Waals surface area contributed by atoms with Gasteiger partial charge in [0.25, 0.3) is 5.91 Å². The van der Waals surface area contributed by atoms with Gasteiger partial charge in [-0.3, -0.25) is 9.59 Å². The molecule has 0 bridgehead atoms. The zero-order valence-corrected chi connectivity index (χ0v) is 15.1. The van der Waals surface area contributed by atoms with Crippen molar-refractivity contribution in [3.8, 4) is 6.07 Å². The average Bonchev–Trinajstić information content (AvgIpc) is 2.94. The second-order valence-corrected chi connectivity index (χ2v) is 7.49. The Labute approximate surface area is 150 Å². The maximum absolute atomic E-state index is 12.2. The van der Waals surface area contributed by atoms with Gasteiger partial charge in [0.15, 0.2) is 0 Å². The van der Waals surface area contributed by atoms with E-state index in [-0.39, 0.29) is 23.9 Å². The Balaban J connectivity index is 1.99. The highest BCUT2D eigenvalue weighted by Gasteiger charge is 2.17. The van der Waals surface area contributed by atoms with Gasteiger partial charge in [-0.1, -0.05) is 11.6 Å². The lowest BCUT2D eigenvalue weighted by atomic mass is 10.2. The largest absolute Gasteiger partial charge is 0.332 e. The van der Waals surface area contributed by atoms with Crippen molar-refractivity contribution in [3.63, 3.8) is 0 Å². The maximum Gasteiger partial charge on any atom is 0.264 e. The Hall–Kier alpha value is -1.88. The number of nitrogens with one attached hydrogen (secondary N) is 1. The van der Waals surface area contributed by atoms with Crippen LogP contribution < -0.4 is 5.32 Å². The summed E-state index contributed by atoms with van der Waals surface area (Å²) in [6.45, 7) is -0.0983. The number of hydrogen-bond donors (Lipinski definition) is 1. The first-order chi connectivity index (χ1) is 10.9. The Kier molecular flexibility index (Phi) is 5.77. The molecule has 0 aliphatic rings. The molecule has 5 nitrogen and oxygen atoms in total. The van der Waals surface area contributed by atoms with Crippen LogP contribution in [0.5, 0.6) is 0 Å².